The molecule has 0 bridgehead atoms. The zero-order chi connectivity index (χ0) is 16.4. The molecule has 6 heteroatoms. The van der Waals surface area contributed by atoms with E-state index in [1.165, 1.54) is 18.4 Å². The lowest BCUT2D eigenvalue weighted by Gasteiger charge is -2.28. The first-order valence-electron chi connectivity index (χ1n) is 8.23. The van der Waals surface area contributed by atoms with E-state index in [0.29, 0.717) is 18.4 Å². The van der Waals surface area contributed by atoms with Crippen molar-refractivity contribution in [2.24, 2.45) is 11.8 Å². The van der Waals surface area contributed by atoms with E-state index in [1.54, 1.807) is 4.31 Å². The maximum Gasteiger partial charge on any atom is 0.211 e. The lowest BCUT2D eigenvalue weighted by atomic mass is 9.90. The molecular weight excluding hydrogens is 328 g/mol. The minimum absolute atomic E-state index is 0.00162. The smallest absolute Gasteiger partial charge is 0.211 e. The molecule has 2 heterocycles. The molecule has 3 atom stereocenters. The van der Waals surface area contributed by atoms with E-state index in [4.69, 9.17) is 0 Å². The second-order valence-electron chi connectivity index (χ2n) is 6.72. The van der Waals surface area contributed by atoms with Crippen molar-refractivity contribution >= 4 is 21.8 Å². The van der Waals surface area contributed by atoms with Gasteiger partial charge >= 0.3 is 0 Å². The largest absolute Gasteiger partial charge is 0.303 e. The van der Waals surface area contributed by atoms with Crippen LogP contribution in [0.3, 0.4) is 0 Å². The lowest BCUT2D eigenvalue weighted by molar-refractivity contribution is 0.267. The summed E-state index contributed by atoms with van der Waals surface area (Å²) in [5, 5.41) is 0. The van der Waals surface area contributed by atoms with Gasteiger partial charge in [-0.25, -0.2) is 8.42 Å². The number of fused-ring (bicyclic) bond motifs is 1. The zero-order valence-electron chi connectivity index (χ0n) is 13.9. The summed E-state index contributed by atoms with van der Waals surface area (Å²) < 4.78 is 26.2. The van der Waals surface area contributed by atoms with E-state index in [0.717, 1.165) is 25.2 Å². The third-order valence-electron chi connectivity index (χ3n) is 5.09. The molecule has 23 heavy (non-hydrogen) atoms. The Bertz CT molecular complexity index is 621. The van der Waals surface area contributed by atoms with Crippen molar-refractivity contribution in [2.45, 2.75) is 12.5 Å². The van der Waals surface area contributed by atoms with E-state index < -0.39 is 10.0 Å². The van der Waals surface area contributed by atoms with Crippen molar-refractivity contribution in [3.05, 3.63) is 35.9 Å². The van der Waals surface area contributed by atoms with E-state index in [-0.39, 0.29) is 6.04 Å². The molecule has 3 rings (SSSR count). The Hall–Kier alpha value is -0.560. The monoisotopic (exact) mass is 354 g/mol. The molecule has 128 valence electrons. The fourth-order valence-electron chi connectivity index (χ4n) is 4.12. The number of likely N-dealkylation sites (tertiary alicyclic amines) is 1. The summed E-state index contributed by atoms with van der Waals surface area (Å²) in [5.74, 6) is 2.08. The summed E-state index contributed by atoms with van der Waals surface area (Å²) in [7, 11) is -3.17. The van der Waals surface area contributed by atoms with Gasteiger partial charge in [-0.15, -0.1) is 0 Å². The molecular formula is C17H26N2O2S2. The van der Waals surface area contributed by atoms with Crippen LogP contribution < -0.4 is 0 Å². The molecule has 0 aliphatic carbocycles. The van der Waals surface area contributed by atoms with Crippen LogP contribution in [-0.2, 0) is 10.0 Å². The van der Waals surface area contributed by atoms with Crippen molar-refractivity contribution in [3.63, 3.8) is 0 Å². The summed E-state index contributed by atoms with van der Waals surface area (Å²) in [6.45, 7) is 3.86. The number of benzene rings is 1. The molecule has 0 spiro atoms. The first-order chi connectivity index (χ1) is 11.0. The van der Waals surface area contributed by atoms with Gasteiger partial charge in [-0.2, -0.15) is 16.1 Å². The SMILES string of the molecule is CSCCCN1C[C@@H]2CN(S(C)(=O)=O)[C@@H](c3ccccc3)[C@@H]2C1. The van der Waals surface area contributed by atoms with Gasteiger partial charge in [-0.3, -0.25) is 0 Å². The number of sulfonamides is 1. The fourth-order valence-corrected chi connectivity index (χ4v) is 5.69. The summed E-state index contributed by atoms with van der Waals surface area (Å²) in [5.41, 5.74) is 1.14. The van der Waals surface area contributed by atoms with E-state index in [9.17, 15) is 8.42 Å². The minimum atomic E-state index is -3.17. The van der Waals surface area contributed by atoms with Crippen molar-refractivity contribution < 1.29 is 8.42 Å². The number of thioether (sulfide) groups is 1. The van der Waals surface area contributed by atoms with Crippen LogP contribution in [0.25, 0.3) is 0 Å². The normalized spacial score (nSPS) is 29.0. The van der Waals surface area contributed by atoms with Crippen LogP contribution in [0.1, 0.15) is 18.0 Å². The molecule has 2 fully saturated rings. The van der Waals surface area contributed by atoms with Gasteiger partial charge in [-0.05, 0) is 42.4 Å². The molecule has 0 unspecified atom stereocenters. The van der Waals surface area contributed by atoms with Gasteiger partial charge < -0.3 is 4.90 Å². The number of rotatable bonds is 6. The quantitative estimate of drug-likeness (QED) is 0.735. The Morgan fingerprint density at radius 3 is 2.57 bits per heavy atom. The molecule has 4 nitrogen and oxygen atoms in total. The minimum Gasteiger partial charge on any atom is -0.303 e. The molecule has 0 N–H and O–H groups in total. The predicted octanol–water partition coefficient (Wildman–Crippen LogP) is 2.30. The molecule has 0 amide bonds. The topological polar surface area (TPSA) is 40.6 Å². The Morgan fingerprint density at radius 1 is 1.17 bits per heavy atom. The number of hydrogen-bond acceptors (Lipinski definition) is 4. The van der Waals surface area contributed by atoms with Gasteiger partial charge in [-0.1, -0.05) is 30.3 Å². The molecule has 2 aliphatic rings. The lowest BCUT2D eigenvalue weighted by Crippen LogP contribution is -2.35. The Labute approximate surface area is 144 Å². The van der Waals surface area contributed by atoms with Gasteiger partial charge in [0.15, 0.2) is 0 Å². The average Bonchev–Trinajstić information content (AvgIpc) is 3.05. The van der Waals surface area contributed by atoms with E-state index in [1.807, 2.05) is 30.0 Å². The maximum absolute atomic E-state index is 12.3. The van der Waals surface area contributed by atoms with Crippen molar-refractivity contribution in [2.75, 3.05) is 44.4 Å². The highest BCUT2D eigenvalue weighted by Crippen LogP contribution is 2.45. The Kier molecular flexibility index (Phi) is 5.35. The predicted molar refractivity (Wildman–Crippen MR) is 97.2 cm³/mol. The van der Waals surface area contributed by atoms with E-state index in [2.05, 4.69) is 23.3 Å². The van der Waals surface area contributed by atoms with Crippen LogP contribution in [0.15, 0.2) is 30.3 Å². The second kappa shape index (κ2) is 7.13. The standard InChI is InChI=1S/C17H26N2O2S2/c1-22-10-6-9-18-11-15-12-19(23(2,20)21)17(16(15)13-18)14-7-4-3-5-8-14/h3-5,7-8,15-17H,6,9-13H2,1-2H3/t15-,16-,17+/m1/s1. The van der Waals surface area contributed by atoms with Gasteiger partial charge in [0.05, 0.1) is 12.3 Å². The Morgan fingerprint density at radius 2 is 1.91 bits per heavy atom. The van der Waals surface area contributed by atoms with Crippen LogP contribution in [-0.4, -0.2) is 62.1 Å². The highest BCUT2D eigenvalue weighted by molar-refractivity contribution is 7.98. The molecule has 0 aromatic heterocycles. The highest BCUT2D eigenvalue weighted by atomic mass is 32.2. The van der Waals surface area contributed by atoms with Crippen molar-refractivity contribution in [1.82, 2.24) is 9.21 Å². The summed E-state index contributed by atoms with van der Waals surface area (Å²) >= 11 is 1.89. The van der Waals surface area contributed by atoms with Crippen LogP contribution in [0.4, 0.5) is 0 Å². The zero-order valence-corrected chi connectivity index (χ0v) is 15.5. The van der Waals surface area contributed by atoms with Crippen LogP contribution in [0.2, 0.25) is 0 Å². The van der Waals surface area contributed by atoms with Gasteiger partial charge in [0.25, 0.3) is 0 Å². The van der Waals surface area contributed by atoms with Gasteiger partial charge in [0.1, 0.15) is 0 Å². The third-order valence-corrected chi connectivity index (χ3v) is 7.01. The summed E-state index contributed by atoms with van der Waals surface area (Å²) in [4.78, 5) is 2.53. The van der Waals surface area contributed by atoms with Crippen LogP contribution >= 0.6 is 11.8 Å². The number of nitrogens with zero attached hydrogens (tertiary/aromatic N) is 2. The average molecular weight is 355 g/mol. The van der Waals surface area contributed by atoms with Crippen LogP contribution in [0.5, 0.6) is 0 Å². The molecule has 2 saturated heterocycles. The van der Waals surface area contributed by atoms with Gasteiger partial charge in [0.2, 0.25) is 10.0 Å². The third kappa shape index (κ3) is 3.76. The highest BCUT2D eigenvalue weighted by Gasteiger charge is 2.50. The van der Waals surface area contributed by atoms with Crippen LogP contribution in [0, 0.1) is 11.8 Å². The first-order valence-corrected chi connectivity index (χ1v) is 11.5. The fraction of sp³-hybridized carbons (Fsp3) is 0.647. The van der Waals surface area contributed by atoms with Gasteiger partial charge in [0, 0.05) is 19.6 Å². The van der Waals surface area contributed by atoms with Crippen molar-refractivity contribution in [1.29, 1.82) is 0 Å². The first kappa shape index (κ1) is 17.3. The van der Waals surface area contributed by atoms with E-state index >= 15 is 0 Å². The summed E-state index contributed by atoms with van der Waals surface area (Å²) in [6, 6.07) is 10.2. The van der Waals surface area contributed by atoms with Crippen molar-refractivity contribution in [3.8, 4) is 0 Å². The molecule has 0 radical (unpaired) electrons. The summed E-state index contributed by atoms with van der Waals surface area (Å²) in [6.07, 6.45) is 4.71. The molecule has 2 aliphatic heterocycles. The molecule has 1 aromatic rings. The second-order valence-corrected chi connectivity index (χ2v) is 9.64. The maximum atomic E-state index is 12.3. The molecule has 1 aromatic carbocycles. The number of hydrogen-bond donors (Lipinski definition) is 0. The Balaban J connectivity index is 1.79. The molecule has 0 saturated carbocycles.